The fraction of sp³-hybridized carbons (Fsp3) is 0.571. The maximum atomic E-state index is 5.98. The summed E-state index contributed by atoms with van der Waals surface area (Å²) in [6.45, 7) is 5.18. The van der Waals surface area contributed by atoms with E-state index in [2.05, 4.69) is 24.0 Å². The first-order valence-corrected chi connectivity index (χ1v) is 7.49. The Balaban J connectivity index is 2.16. The minimum absolute atomic E-state index is 0.309. The smallest absolute Gasteiger partial charge is 0.119 e. The molecule has 0 saturated carbocycles. The molecule has 1 aliphatic heterocycles. The summed E-state index contributed by atoms with van der Waals surface area (Å²) in [5, 5.41) is 0.693. The van der Waals surface area contributed by atoms with Crippen molar-refractivity contribution in [3.05, 3.63) is 29.8 Å². The van der Waals surface area contributed by atoms with Gasteiger partial charge in [0.15, 0.2) is 0 Å². The quantitative estimate of drug-likeness (QED) is 0.906. The number of nitrogens with zero attached hydrogens (tertiary/aromatic N) is 1. The summed E-state index contributed by atoms with van der Waals surface area (Å²) in [4.78, 5) is 2.50. The van der Waals surface area contributed by atoms with Crippen LogP contribution in [0.2, 0.25) is 0 Å². The largest absolute Gasteiger partial charge is 0.497 e. The molecule has 2 atom stereocenters. The summed E-state index contributed by atoms with van der Waals surface area (Å²) in [6, 6.07) is 8.57. The molecular formula is C14H22N2OS. The van der Waals surface area contributed by atoms with Gasteiger partial charge in [0.2, 0.25) is 0 Å². The lowest BCUT2D eigenvalue weighted by Crippen LogP contribution is -2.42. The fourth-order valence-corrected chi connectivity index (χ4v) is 3.51. The molecule has 2 unspecified atom stereocenters. The number of nitrogens with two attached hydrogens (primary N) is 1. The number of methoxy groups -OCH3 is 1. The second-order valence-corrected chi connectivity index (χ2v) is 6.25. The molecule has 2 N–H and O–H groups in total. The normalized spacial score (nSPS) is 22.7. The van der Waals surface area contributed by atoms with Crippen LogP contribution < -0.4 is 10.5 Å². The molecule has 0 amide bonds. The van der Waals surface area contributed by atoms with Gasteiger partial charge in [-0.15, -0.1) is 0 Å². The van der Waals surface area contributed by atoms with Gasteiger partial charge in [-0.25, -0.2) is 0 Å². The molecule has 3 nitrogen and oxygen atoms in total. The van der Waals surface area contributed by atoms with E-state index in [1.807, 2.05) is 23.9 Å². The van der Waals surface area contributed by atoms with Crippen molar-refractivity contribution in [1.29, 1.82) is 0 Å². The second kappa shape index (κ2) is 6.45. The van der Waals surface area contributed by atoms with E-state index in [1.165, 1.54) is 11.3 Å². The molecule has 0 spiro atoms. The standard InChI is InChI=1S/C14H22N2OS/c1-11-10-16(6-7-18-11)14(9-15)12-4-3-5-13(8-12)17-2/h3-5,8,11,14H,6-7,9-10,15H2,1-2H3. The van der Waals surface area contributed by atoms with Crippen LogP contribution in [-0.2, 0) is 0 Å². The zero-order valence-corrected chi connectivity index (χ0v) is 12.0. The molecule has 1 aromatic rings. The highest BCUT2D eigenvalue weighted by Gasteiger charge is 2.24. The van der Waals surface area contributed by atoms with Crippen LogP contribution in [0.4, 0.5) is 0 Å². The number of thioether (sulfide) groups is 1. The van der Waals surface area contributed by atoms with Gasteiger partial charge in [0.1, 0.15) is 5.75 Å². The van der Waals surface area contributed by atoms with Crippen LogP contribution in [-0.4, -0.2) is 42.6 Å². The van der Waals surface area contributed by atoms with Crippen molar-refractivity contribution in [1.82, 2.24) is 4.90 Å². The van der Waals surface area contributed by atoms with Gasteiger partial charge in [-0.05, 0) is 17.7 Å². The first-order chi connectivity index (χ1) is 8.74. The van der Waals surface area contributed by atoms with Gasteiger partial charge in [-0.1, -0.05) is 19.1 Å². The first kappa shape index (κ1) is 13.7. The highest BCUT2D eigenvalue weighted by Crippen LogP contribution is 2.28. The zero-order chi connectivity index (χ0) is 13.0. The second-order valence-electron chi connectivity index (χ2n) is 4.70. The monoisotopic (exact) mass is 266 g/mol. The maximum Gasteiger partial charge on any atom is 0.119 e. The van der Waals surface area contributed by atoms with E-state index in [9.17, 15) is 0 Å². The average molecular weight is 266 g/mol. The molecule has 0 radical (unpaired) electrons. The molecular weight excluding hydrogens is 244 g/mol. The van der Waals surface area contributed by atoms with Crippen molar-refractivity contribution in [3.8, 4) is 5.75 Å². The summed E-state index contributed by atoms with van der Waals surface area (Å²) in [5.74, 6) is 2.10. The highest BCUT2D eigenvalue weighted by atomic mass is 32.2. The molecule has 1 aromatic carbocycles. The van der Waals surface area contributed by atoms with Crippen LogP contribution >= 0.6 is 11.8 Å². The Kier molecular flexibility index (Phi) is 4.92. The van der Waals surface area contributed by atoms with Gasteiger partial charge in [-0.3, -0.25) is 4.90 Å². The van der Waals surface area contributed by atoms with Gasteiger partial charge in [0.05, 0.1) is 7.11 Å². The molecule has 18 heavy (non-hydrogen) atoms. The van der Waals surface area contributed by atoms with E-state index in [-0.39, 0.29) is 0 Å². The Morgan fingerprint density at radius 3 is 3.06 bits per heavy atom. The Morgan fingerprint density at radius 1 is 1.56 bits per heavy atom. The van der Waals surface area contributed by atoms with E-state index < -0.39 is 0 Å². The predicted octanol–water partition coefficient (Wildman–Crippen LogP) is 2.13. The number of benzene rings is 1. The van der Waals surface area contributed by atoms with Crippen LogP contribution in [0, 0.1) is 0 Å². The van der Waals surface area contributed by atoms with Gasteiger partial charge < -0.3 is 10.5 Å². The third kappa shape index (κ3) is 3.19. The van der Waals surface area contributed by atoms with Crippen molar-refractivity contribution in [2.45, 2.75) is 18.2 Å². The SMILES string of the molecule is COc1cccc(C(CN)N2CCSC(C)C2)c1. The average Bonchev–Trinajstić information content (AvgIpc) is 2.40. The molecule has 0 aliphatic carbocycles. The minimum atomic E-state index is 0.309. The van der Waals surface area contributed by atoms with E-state index in [1.54, 1.807) is 7.11 Å². The Bertz CT molecular complexity index is 386. The molecule has 0 aromatic heterocycles. The van der Waals surface area contributed by atoms with Gasteiger partial charge >= 0.3 is 0 Å². The fourth-order valence-electron chi connectivity index (χ4n) is 2.47. The molecule has 2 rings (SSSR count). The van der Waals surface area contributed by atoms with Crippen molar-refractivity contribution in [2.75, 3.05) is 32.5 Å². The van der Waals surface area contributed by atoms with Crippen molar-refractivity contribution >= 4 is 11.8 Å². The molecule has 1 fully saturated rings. The Morgan fingerprint density at radius 2 is 2.39 bits per heavy atom. The first-order valence-electron chi connectivity index (χ1n) is 6.44. The lowest BCUT2D eigenvalue weighted by Gasteiger charge is -2.36. The highest BCUT2D eigenvalue weighted by molar-refractivity contribution is 7.99. The third-order valence-electron chi connectivity index (χ3n) is 3.42. The van der Waals surface area contributed by atoms with E-state index in [0.717, 1.165) is 18.8 Å². The number of rotatable bonds is 4. The topological polar surface area (TPSA) is 38.5 Å². The minimum Gasteiger partial charge on any atom is -0.497 e. The van der Waals surface area contributed by atoms with Crippen molar-refractivity contribution < 1.29 is 4.74 Å². The molecule has 0 bridgehead atoms. The van der Waals surface area contributed by atoms with E-state index in [4.69, 9.17) is 10.5 Å². The van der Waals surface area contributed by atoms with Crippen LogP contribution in [0.3, 0.4) is 0 Å². The zero-order valence-electron chi connectivity index (χ0n) is 11.1. The number of hydrogen-bond donors (Lipinski definition) is 1. The summed E-state index contributed by atoms with van der Waals surface area (Å²) < 4.78 is 5.29. The van der Waals surface area contributed by atoms with Crippen molar-refractivity contribution in [2.24, 2.45) is 5.73 Å². The molecule has 1 saturated heterocycles. The lowest BCUT2D eigenvalue weighted by atomic mass is 10.0. The van der Waals surface area contributed by atoms with Crippen LogP contribution in [0.25, 0.3) is 0 Å². The molecule has 100 valence electrons. The van der Waals surface area contributed by atoms with Crippen LogP contribution in [0.15, 0.2) is 24.3 Å². The van der Waals surface area contributed by atoms with E-state index >= 15 is 0 Å². The van der Waals surface area contributed by atoms with Crippen molar-refractivity contribution in [3.63, 3.8) is 0 Å². The lowest BCUT2D eigenvalue weighted by molar-refractivity contribution is 0.211. The van der Waals surface area contributed by atoms with Crippen LogP contribution in [0.1, 0.15) is 18.5 Å². The summed E-state index contributed by atoms with van der Waals surface area (Å²) in [5.41, 5.74) is 7.24. The predicted molar refractivity (Wildman–Crippen MR) is 78.3 cm³/mol. The maximum absolute atomic E-state index is 5.98. The van der Waals surface area contributed by atoms with Crippen LogP contribution in [0.5, 0.6) is 5.75 Å². The molecule has 1 aliphatic rings. The molecule has 1 heterocycles. The Labute approximate surface area is 114 Å². The van der Waals surface area contributed by atoms with Gasteiger partial charge in [0, 0.05) is 36.7 Å². The molecule has 4 heteroatoms. The van der Waals surface area contributed by atoms with Gasteiger partial charge in [0.25, 0.3) is 0 Å². The summed E-state index contributed by atoms with van der Waals surface area (Å²) >= 11 is 2.05. The Hall–Kier alpha value is -0.710. The third-order valence-corrected chi connectivity index (χ3v) is 4.55. The summed E-state index contributed by atoms with van der Waals surface area (Å²) in [6.07, 6.45) is 0. The number of ether oxygens (including phenoxy) is 1. The van der Waals surface area contributed by atoms with E-state index in [0.29, 0.717) is 17.8 Å². The number of hydrogen-bond acceptors (Lipinski definition) is 4. The van der Waals surface area contributed by atoms with Gasteiger partial charge in [-0.2, -0.15) is 11.8 Å². The summed E-state index contributed by atoms with van der Waals surface area (Å²) in [7, 11) is 1.70.